The Morgan fingerprint density at radius 2 is 2.00 bits per heavy atom. The Hall–Kier alpha value is -0.450. The summed E-state index contributed by atoms with van der Waals surface area (Å²) in [6.07, 6.45) is 0. The predicted octanol–water partition coefficient (Wildman–Crippen LogP) is 2.42. The molecule has 1 aromatic rings. The Balaban J connectivity index is 3.17. The van der Waals surface area contributed by atoms with Crippen molar-refractivity contribution in [3.8, 4) is 5.75 Å². The van der Waals surface area contributed by atoms with Crippen molar-refractivity contribution in [2.45, 2.75) is 12.7 Å². The van der Waals surface area contributed by atoms with E-state index >= 15 is 0 Å². The van der Waals surface area contributed by atoms with Crippen molar-refractivity contribution in [3.05, 3.63) is 28.3 Å². The monoisotopic (exact) mass is 254 g/mol. The number of phenols is 1. The second kappa shape index (κ2) is 3.96. The van der Waals surface area contributed by atoms with E-state index < -0.39 is 14.8 Å². The van der Waals surface area contributed by atoms with Gasteiger partial charge in [0.2, 0.25) is 9.05 Å². The molecule has 1 aromatic carbocycles. The molecule has 0 fully saturated rings. The number of benzene rings is 1. The highest BCUT2D eigenvalue weighted by atomic mass is 35.7. The summed E-state index contributed by atoms with van der Waals surface area (Å²) >= 11 is 5.77. The van der Waals surface area contributed by atoms with Crippen LogP contribution in [0.4, 0.5) is 0 Å². The Morgan fingerprint density at radius 1 is 1.43 bits per heavy atom. The maximum atomic E-state index is 10.8. The number of rotatable bonds is 2. The lowest BCUT2D eigenvalue weighted by atomic mass is 10.1. The average Bonchev–Trinajstić information content (AvgIpc) is 1.97. The molecule has 78 valence electrons. The summed E-state index contributed by atoms with van der Waals surface area (Å²) in [4.78, 5) is 0. The molecular formula is C8H8Cl2O3S. The van der Waals surface area contributed by atoms with Crippen molar-refractivity contribution in [3.63, 3.8) is 0 Å². The van der Waals surface area contributed by atoms with Crippen molar-refractivity contribution < 1.29 is 13.5 Å². The highest BCUT2D eigenvalue weighted by molar-refractivity contribution is 8.13. The molecule has 1 N–H and O–H groups in total. The summed E-state index contributed by atoms with van der Waals surface area (Å²) in [7, 11) is 1.37. The Kier molecular flexibility index (Phi) is 3.29. The van der Waals surface area contributed by atoms with Gasteiger partial charge in [-0.1, -0.05) is 11.6 Å². The molecule has 1 rings (SSSR count). The smallest absolute Gasteiger partial charge is 0.236 e. The molecule has 0 radical (unpaired) electrons. The first kappa shape index (κ1) is 11.6. The third kappa shape index (κ3) is 3.04. The first-order chi connectivity index (χ1) is 6.29. The fourth-order valence-electron chi connectivity index (χ4n) is 1.01. The van der Waals surface area contributed by atoms with Crippen molar-refractivity contribution in [1.29, 1.82) is 0 Å². The number of phenolic OH excluding ortho intramolecular Hbond substituents is 1. The van der Waals surface area contributed by atoms with Crippen molar-refractivity contribution in [2.24, 2.45) is 0 Å². The van der Waals surface area contributed by atoms with Crippen LogP contribution in [0.1, 0.15) is 11.1 Å². The SMILES string of the molecule is Cc1cc(O)c(CS(=O)(=O)Cl)cc1Cl. The second-order valence-corrected chi connectivity index (χ2v) is 6.10. The van der Waals surface area contributed by atoms with Gasteiger partial charge in [-0.2, -0.15) is 0 Å². The summed E-state index contributed by atoms with van der Waals surface area (Å²) in [5.41, 5.74) is 0.885. The van der Waals surface area contributed by atoms with E-state index in [1.807, 2.05) is 0 Å². The third-order valence-corrected chi connectivity index (χ3v) is 3.08. The molecule has 0 amide bonds. The van der Waals surface area contributed by atoms with Gasteiger partial charge in [-0.15, -0.1) is 0 Å². The maximum Gasteiger partial charge on any atom is 0.236 e. The molecule has 0 heterocycles. The van der Waals surface area contributed by atoms with Crippen LogP contribution in [0.25, 0.3) is 0 Å². The van der Waals surface area contributed by atoms with Gasteiger partial charge in [0.25, 0.3) is 0 Å². The minimum Gasteiger partial charge on any atom is -0.508 e. The molecule has 6 heteroatoms. The summed E-state index contributed by atoms with van der Waals surface area (Å²) in [6, 6.07) is 2.80. The summed E-state index contributed by atoms with van der Waals surface area (Å²) in [5, 5.41) is 9.80. The van der Waals surface area contributed by atoms with Gasteiger partial charge in [0.1, 0.15) is 5.75 Å². The molecule has 14 heavy (non-hydrogen) atoms. The molecule has 0 aromatic heterocycles. The van der Waals surface area contributed by atoms with Crippen molar-refractivity contribution in [1.82, 2.24) is 0 Å². The molecule has 0 aliphatic rings. The van der Waals surface area contributed by atoms with E-state index in [0.29, 0.717) is 10.6 Å². The Morgan fingerprint density at radius 3 is 2.50 bits per heavy atom. The average molecular weight is 255 g/mol. The van der Waals surface area contributed by atoms with Gasteiger partial charge in [-0.25, -0.2) is 8.42 Å². The predicted molar refractivity (Wildman–Crippen MR) is 56.3 cm³/mol. The van der Waals surface area contributed by atoms with Gasteiger partial charge in [0.15, 0.2) is 0 Å². The zero-order valence-electron chi connectivity index (χ0n) is 7.29. The largest absolute Gasteiger partial charge is 0.508 e. The van der Waals surface area contributed by atoms with Crippen molar-refractivity contribution >= 4 is 31.3 Å². The summed E-state index contributed by atoms with van der Waals surface area (Å²) in [6.45, 7) is 1.71. The van der Waals surface area contributed by atoms with E-state index in [9.17, 15) is 13.5 Å². The highest BCUT2D eigenvalue weighted by Crippen LogP contribution is 2.27. The lowest BCUT2D eigenvalue weighted by Crippen LogP contribution is -1.96. The van der Waals surface area contributed by atoms with Crippen LogP contribution in [-0.2, 0) is 14.8 Å². The van der Waals surface area contributed by atoms with Crippen LogP contribution in [0.5, 0.6) is 5.75 Å². The first-order valence-electron chi connectivity index (χ1n) is 3.70. The molecule has 0 aliphatic carbocycles. The second-order valence-electron chi connectivity index (χ2n) is 2.91. The van der Waals surface area contributed by atoms with Crippen LogP contribution < -0.4 is 0 Å². The number of aromatic hydroxyl groups is 1. The van der Waals surface area contributed by atoms with Crippen molar-refractivity contribution in [2.75, 3.05) is 0 Å². The van der Waals surface area contributed by atoms with Gasteiger partial charge in [-0.3, -0.25) is 0 Å². The molecule has 3 nitrogen and oxygen atoms in total. The van der Waals surface area contributed by atoms with E-state index in [0.717, 1.165) is 0 Å². The van der Waals surface area contributed by atoms with Gasteiger partial charge >= 0.3 is 0 Å². The summed E-state index contributed by atoms with van der Waals surface area (Å²) in [5.74, 6) is -0.545. The minimum atomic E-state index is -3.68. The quantitative estimate of drug-likeness (QED) is 0.825. The van der Waals surface area contributed by atoms with Gasteiger partial charge in [0, 0.05) is 21.3 Å². The van der Waals surface area contributed by atoms with Gasteiger partial charge in [0.05, 0.1) is 5.75 Å². The van der Waals surface area contributed by atoms with Crippen LogP contribution in [0.2, 0.25) is 5.02 Å². The molecule has 0 atom stereocenters. The maximum absolute atomic E-state index is 10.8. The molecule has 0 saturated heterocycles. The third-order valence-electron chi connectivity index (χ3n) is 1.69. The highest BCUT2D eigenvalue weighted by Gasteiger charge is 2.12. The van der Waals surface area contributed by atoms with Gasteiger partial charge in [-0.05, 0) is 24.6 Å². The van der Waals surface area contributed by atoms with Crippen LogP contribution in [-0.4, -0.2) is 13.5 Å². The Labute approximate surface area is 91.7 Å². The number of hydrogen-bond donors (Lipinski definition) is 1. The van der Waals surface area contributed by atoms with Crippen LogP contribution in [0.3, 0.4) is 0 Å². The fourth-order valence-corrected chi connectivity index (χ4v) is 2.15. The van der Waals surface area contributed by atoms with E-state index in [-0.39, 0.29) is 11.3 Å². The first-order valence-corrected chi connectivity index (χ1v) is 6.55. The van der Waals surface area contributed by atoms with Crippen LogP contribution in [0, 0.1) is 6.92 Å². The molecule has 0 spiro atoms. The van der Waals surface area contributed by atoms with E-state index in [2.05, 4.69) is 0 Å². The molecule has 0 saturated carbocycles. The van der Waals surface area contributed by atoms with E-state index in [1.54, 1.807) is 6.92 Å². The molecule has 0 unspecified atom stereocenters. The zero-order chi connectivity index (χ0) is 10.9. The lowest BCUT2D eigenvalue weighted by molar-refractivity contribution is 0.469. The zero-order valence-corrected chi connectivity index (χ0v) is 9.62. The normalized spacial score (nSPS) is 11.6. The summed E-state index contributed by atoms with van der Waals surface area (Å²) < 4.78 is 21.5. The topological polar surface area (TPSA) is 54.4 Å². The van der Waals surface area contributed by atoms with Gasteiger partial charge < -0.3 is 5.11 Å². The van der Waals surface area contributed by atoms with E-state index in [1.165, 1.54) is 12.1 Å². The minimum absolute atomic E-state index is 0.115. The number of halogens is 2. The van der Waals surface area contributed by atoms with Crippen LogP contribution >= 0.6 is 22.3 Å². The molecule has 0 aliphatic heterocycles. The lowest BCUT2D eigenvalue weighted by Gasteiger charge is -2.05. The number of hydrogen-bond acceptors (Lipinski definition) is 3. The van der Waals surface area contributed by atoms with E-state index in [4.69, 9.17) is 22.3 Å². The van der Waals surface area contributed by atoms with Crippen LogP contribution in [0.15, 0.2) is 12.1 Å². The number of aryl methyl sites for hydroxylation is 1. The standard InChI is InChI=1S/C8H8Cl2O3S/c1-5-2-8(11)6(3-7(5)9)4-14(10,12)13/h2-3,11H,4H2,1H3. The Bertz CT molecular complexity index is 454. The molecule has 0 bridgehead atoms. The molecular weight excluding hydrogens is 247 g/mol. The fraction of sp³-hybridized carbons (Fsp3) is 0.250.